The summed E-state index contributed by atoms with van der Waals surface area (Å²) in [6.45, 7) is 5.84. The number of aromatic nitrogens is 1. The van der Waals surface area contributed by atoms with Crippen molar-refractivity contribution < 1.29 is 5.21 Å². The molecule has 0 spiro atoms. The third kappa shape index (κ3) is 3.43. The third-order valence-electron chi connectivity index (χ3n) is 1.90. The molecule has 0 fully saturated rings. The molecule has 0 aliphatic heterocycles. The number of rotatable bonds is 3. The number of pyridine rings is 1. The Labute approximate surface area is 93.6 Å². The fourth-order valence-electron chi connectivity index (χ4n) is 1.19. The van der Waals surface area contributed by atoms with E-state index in [0.29, 0.717) is 0 Å². The number of hydrogen-bond donors (Lipinski definition) is 2. The van der Waals surface area contributed by atoms with Crippen LogP contribution in [0.4, 0.5) is 0 Å². The Morgan fingerprint density at radius 3 is 2.73 bits per heavy atom. The molecule has 1 rings (SSSR count). The van der Waals surface area contributed by atoms with Crippen LogP contribution in [0.25, 0.3) is 0 Å². The first-order valence-electron chi connectivity index (χ1n) is 4.62. The highest BCUT2D eigenvalue weighted by Crippen LogP contribution is 2.22. The molecule has 5 heteroatoms. The fraction of sp³-hybridized carbons (Fsp3) is 0.400. The number of thioether (sulfide) groups is 1. The van der Waals surface area contributed by atoms with Crippen LogP contribution in [0.3, 0.4) is 0 Å². The van der Waals surface area contributed by atoms with Crippen LogP contribution >= 0.6 is 11.8 Å². The van der Waals surface area contributed by atoms with Gasteiger partial charge in [-0.05, 0) is 38.5 Å². The average molecular weight is 225 g/mol. The van der Waals surface area contributed by atoms with Gasteiger partial charge in [-0.25, -0.2) is 4.98 Å². The lowest BCUT2D eigenvalue weighted by Crippen LogP contribution is -2.23. The first-order valence-corrected chi connectivity index (χ1v) is 5.50. The van der Waals surface area contributed by atoms with Gasteiger partial charge in [-0.1, -0.05) is 16.9 Å². The van der Waals surface area contributed by atoms with Crippen LogP contribution < -0.4 is 5.73 Å². The molecule has 1 aromatic heterocycles. The van der Waals surface area contributed by atoms with Crippen molar-refractivity contribution in [1.29, 1.82) is 0 Å². The van der Waals surface area contributed by atoms with Gasteiger partial charge in [-0.3, -0.25) is 0 Å². The van der Waals surface area contributed by atoms with Gasteiger partial charge in [-0.15, -0.1) is 0 Å². The Balaban J connectivity index is 2.81. The molecule has 1 aromatic rings. The van der Waals surface area contributed by atoms with Crippen LogP contribution in [0.1, 0.15) is 18.2 Å². The van der Waals surface area contributed by atoms with E-state index in [-0.39, 0.29) is 11.1 Å². The predicted octanol–water partition coefficient (Wildman–Crippen LogP) is 1.93. The normalized spacial score (nSPS) is 13.9. The zero-order valence-electron chi connectivity index (χ0n) is 9.06. The maximum absolute atomic E-state index is 8.52. The molecule has 0 saturated heterocycles. The van der Waals surface area contributed by atoms with Crippen LogP contribution in [-0.2, 0) is 0 Å². The predicted molar refractivity (Wildman–Crippen MR) is 62.4 cm³/mol. The molecule has 1 heterocycles. The largest absolute Gasteiger partial charge is 0.409 e. The van der Waals surface area contributed by atoms with Crippen molar-refractivity contribution in [2.45, 2.75) is 31.0 Å². The third-order valence-corrected chi connectivity index (χ3v) is 2.95. The maximum atomic E-state index is 8.52. The molecule has 0 aliphatic carbocycles. The second kappa shape index (κ2) is 5.02. The molecule has 0 aliphatic rings. The lowest BCUT2D eigenvalue weighted by molar-refractivity contribution is 0.317. The summed E-state index contributed by atoms with van der Waals surface area (Å²) in [6.07, 6.45) is 0. The summed E-state index contributed by atoms with van der Waals surface area (Å²) in [5.41, 5.74) is 7.63. The van der Waals surface area contributed by atoms with Crippen molar-refractivity contribution in [3.05, 3.63) is 23.4 Å². The van der Waals surface area contributed by atoms with Crippen molar-refractivity contribution in [3.63, 3.8) is 0 Å². The molecule has 82 valence electrons. The number of hydrogen-bond acceptors (Lipinski definition) is 4. The Kier molecular flexibility index (Phi) is 3.96. The summed E-state index contributed by atoms with van der Waals surface area (Å²) < 4.78 is 0. The van der Waals surface area contributed by atoms with E-state index in [2.05, 4.69) is 10.1 Å². The number of nitrogens with zero attached hydrogens (tertiary/aromatic N) is 2. The molecule has 0 amide bonds. The second-order valence-electron chi connectivity index (χ2n) is 3.41. The summed E-state index contributed by atoms with van der Waals surface area (Å²) in [5, 5.41) is 12.3. The standard InChI is InChI=1S/C10H15N3OS/c1-6-4-7(2)12-9(5-6)15-8(3)10(11)13-14/h4-5,8,14H,1-3H3,(H2,11,13). The second-order valence-corrected chi connectivity index (χ2v) is 4.77. The molecular weight excluding hydrogens is 210 g/mol. The van der Waals surface area contributed by atoms with E-state index >= 15 is 0 Å². The lowest BCUT2D eigenvalue weighted by Gasteiger charge is -2.09. The average Bonchev–Trinajstić information content (AvgIpc) is 2.14. The first-order chi connectivity index (χ1) is 7.02. The van der Waals surface area contributed by atoms with E-state index in [1.165, 1.54) is 11.8 Å². The van der Waals surface area contributed by atoms with Gasteiger partial charge in [0.05, 0.1) is 10.3 Å². The first kappa shape index (κ1) is 11.8. The number of oxime groups is 1. The summed E-state index contributed by atoms with van der Waals surface area (Å²) in [7, 11) is 0. The highest BCUT2D eigenvalue weighted by atomic mass is 32.2. The molecule has 0 aromatic carbocycles. The fourth-order valence-corrected chi connectivity index (χ4v) is 2.17. The van der Waals surface area contributed by atoms with Gasteiger partial charge in [0, 0.05) is 5.69 Å². The van der Waals surface area contributed by atoms with E-state index in [1.807, 2.05) is 32.9 Å². The zero-order valence-corrected chi connectivity index (χ0v) is 9.88. The van der Waals surface area contributed by atoms with Crippen molar-refractivity contribution in [2.75, 3.05) is 0 Å². The summed E-state index contributed by atoms with van der Waals surface area (Å²) in [4.78, 5) is 4.36. The van der Waals surface area contributed by atoms with Crippen molar-refractivity contribution in [3.8, 4) is 0 Å². The van der Waals surface area contributed by atoms with Crippen LogP contribution in [0.2, 0.25) is 0 Å². The van der Waals surface area contributed by atoms with Crippen LogP contribution in [0.15, 0.2) is 22.3 Å². The zero-order chi connectivity index (χ0) is 11.4. The van der Waals surface area contributed by atoms with Crippen LogP contribution in [0, 0.1) is 13.8 Å². The lowest BCUT2D eigenvalue weighted by atomic mass is 10.3. The Bertz CT molecular complexity index is 359. The van der Waals surface area contributed by atoms with E-state index in [0.717, 1.165) is 16.3 Å². The van der Waals surface area contributed by atoms with E-state index in [1.54, 1.807) is 0 Å². The Hall–Kier alpha value is -1.23. The van der Waals surface area contributed by atoms with Gasteiger partial charge in [0.2, 0.25) is 0 Å². The summed E-state index contributed by atoms with van der Waals surface area (Å²) in [5.74, 6) is 0.209. The molecule has 4 nitrogen and oxygen atoms in total. The maximum Gasteiger partial charge on any atom is 0.152 e. The topological polar surface area (TPSA) is 71.5 Å². The number of amidine groups is 1. The summed E-state index contributed by atoms with van der Waals surface area (Å²) in [6, 6.07) is 4.00. The minimum Gasteiger partial charge on any atom is -0.409 e. The molecule has 1 atom stereocenters. The smallest absolute Gasteiger partial charge is 0.152 e. The van der Waals surface area contributed by atoms with E-state index < -0.39 is 0 Å². The highest BCUT2D eigenvalue weighted by Gasteiger charge is 2.10. The van der Waals surface area contributed by atoms with Gasteiger partial charge in [-0.2, -0.15) is 0 Å². The molecule has 1 unspecified atom stereocenters. The Morgan fingerprint density at radius 1 is 1.53 bits per heavy atom. The van der Waals surface area contributed by atoms with Gasteiger partial charge in [0.1, 0.15) is 0 Å². The SMILES string of the molecule is Cc1cc(C)nc(SC(C)/C(N)=N/O)c1. The quantitative estimate of drug-likeness (QED) is 0.271. The van der Waals surface area contributed by atoms with E-state index in [9.17, 15) is 0 Å². The van der Waals surface area contributed by atoms with Crippen molar-refractivity contribution >= 4 is 17.6 Å². The summed E-state index contributed by atoms with van der Waals surface area (Å²) >= 11 is 1.48. The monoisotopic (exact) mass is 225 g/mol. The van der Waals surface area contributed by atoms with Crippen LogP contribution in [-0.4, -0.2) is 21.3 Å². The minimum absolute atomic E-state index is 0.0799. The van der Waals surface area contributed by atoms with Gasteiger partial charge < -0.3 is 10.9 Å². The molecule has 0 bridgehead atoms. The molecular formula is C10H15N3OS. The number of aryl methyl sites for hydroxylation is 2. The highest BCUT2D eigenvalue weighted by molar-refractivity contribution is 8.00. The Morgan fingerprint density at radius 2 is 2.20 bits per heavy atom. The molecule has 15 heavy (non-hydrogen) atoms. The van der Waals surface area contributed by atoms with Gasteiger partial charge in [0.15, 0.2) is 5.84 Å². The molecule has 3 N–H and O–H groups in total. The van der Waals surface area contributed by atoms with Gasteiger partial charge in [0.25, 0.3) is 0 Å². The van der Waals surface area contributed by atoms with Crippen molar-refractivity contribution in [1.82, 2.24) is 4.98 Å². The van der Waals surface area contributed by atoms with Gasteiger partial charge >= 0.3 is 0 Å². The minimum atomic E-state index is -0.0799. The van der Waals surface area contributed by atoms with Crippen LogP contribution in [0.5, 0.6) is 0 Å². The number of nitrogens with two attached hydrogens (primary N) is 1. The van der Waals surface area contributed by atoms with E-state index in [4.69, 9.17) is 10.9 Å². The molecule has 0 saturated carbocycles. The van der Waals surface area contributed by atoms with Crippen molar-refractivity contribution in [2.24, 2.45) is 10.9 Å². The molecule has 0 radical (unpaired) electrons.